The molecule has 0 saturated carbocycles. The second-order valence-electron chi connectivity index (χ2n) is 5.23. The van der Waals surface area contributed by atoms with Crippen molar-refractivity contribution in [3.8, 4) is 16.3 Å². The Morgan fingerprint density at radius 1 is 1.27 bits per heavy atom. The molecule has 1 unspecified atom stereocenters. The lowest BCUT2D eigenvalue weighted by Crippen LogP contribution is -2.17. The fourth-order valence-electron chi connectivity index (χ4n) is 2.03. The molecular weight excluding hydrogens is 389 g/mol. The SMILES string of the molecule is Cc1nc(C(C)O)sc1-c1csc(Nc2ccc(OC(F)(F)F)cn2)n1. The van der Waals surface area contributed by atoms with Crippen LogP contribution in [0.5, 0.6) is 5.75 Å². The van der Waals surface area contributed by atoms with Gasteiger partial charge in [0.25, 0.3) is 0 Å². The summed E-state index contributed by atoms with van der Waals surface area (Å²) in [5.41, 5.74) is 1.48. The molecule has 1 atom stereocenters. The molecule has 3 rings (SSSR count). The average Bonchev–Trinajstić information content (AvgIpc) is 3.14. The number of halogens is 3. The fourth-order valence-corrected chi connectivity index (χ4v) is 3.77. The van der Waals surface area contributed by atoms with Gasteiger partial charge in [-0.1, -0.05) is 0 Å². The second kappa shape index (κ2) is 7.17. The van der Waals surface area contributed by atoms with E-state index in [1.54, 1.807) is 6.92 Å². The van der Waals surface area contributed by atoms with Crippen LogP contribution in [-0.4, -0.2) is 26.4 Å². The standard InChI is InChI=1S/C15H13F3N4O2S2/c1-7-12(26-13(20-7)8(2)23)10-6-25-14(21-10)22-11-4-3-9(5-19-11)24-15(16,17)18/h3-6,8,23H,1-2H3,(H,19,21,22). The van der Waals surface area contributed by atoms with E-state index in [2.05, 4.69) is 25.0 Å². The molecule has 3 aromatic rings. The molecule has 0 fully saturated rings. The number of nitrogens with zero attached hydrogens (tertiary/aromatic N) is 3. The third kappa shape index (κ3) is 4.48. The number of anilines is 2. The van der Waals surface area contributed by atoms with Gasteiger partial charge in [0.2, 0.25) is 0 Å². The van der Waals surface area contributed by atoms with Gasteiger partial charge in [-0.2, -0.15) is 0 Å². The van der Waals surface area contributed by atoms with Crippen molar-refractivity contribution in [2.75, 3.05) is 5.32 Å². The maximum Gasteiger partial charge on any atom is 0.573 e. The molecular formula is C15H13F3N4O2S2. The van der Waals surface area contributed by atoms with Crippen molar-refractivity contribution >= 4 is 33.6 Å². The number of thiazole rings is 2. The zero-order chi connectivity index (χ0) is 18.9. The molecule has 0 aliphatic heterocycles. The minimum absolute atomic E-state index is 0.339. The topological polar surface area (TPSA) is 80.2 Å². The first-order valence-electron chi connectivity index (χ1n) is 7.31. The van der Waals surface area contributed by atoms with Gasteiger partial charge in [-0.05, 0) is 26.0 Å². The molecule has 138 valence electrons. The van der Waals surface area contributed by atoms with Crippen molar-refractivity contribution in [2.45, 2.75) is 26.3 Å². The monoisotopic (exact) mass is 402 g/mol. The number of nitrogens with one attached hydrogen (secondary N) is 1. The summed E-state index contributed by atoms with van der Waals surface area (Å²) >= 11 is 2.69. The lowest BCUT2D eigenvalue weighted by molar-refractivity contribution is -0.274. The smallest absolute Gasteiger partial charge is 0.404 e. The Hall–Kier alpha value is -2.24. The van der Waals surface area contributed by atoms with Crippen molar-refractivity contribution in [1.82, 2.24) is 15.0 Å². The lowest BCUT2D eigenvalue weighted by Gasteiger charge is -2.08. The average molecular weight is 402 g/mol. The Labute approximate surface area is 154 Å². The van der Waals surface area contributed by atoms with E-state index in [-0.39, 0.29) is 0 Å². The predicted molar refractivity (Wildman–Crippen MR) is 92.8 cm³/mol. The molecule has 3 heterocycles. The third-order valence-electron chi connectivity index (χ3n) is 3.11. The molecule has 26 heavy (non-hydrogen) atoms. The summed E-state index contributed by atoms with van der Waals surface area (Å²) in [5, 5.41) is 15.5. The van der Waals surface area contributed by atoms with Gasteiger partial charge in [0.05, 0.1) is 22.5 Å². The second-order valence-corrected chi connectivity index (χ2v) is 7.12. The number of aliphatic hydroxyl groups excluding tert-OH is 1. The minimum Gasteiger partial charge on any atom is -0.404 e. The van der Waals surface area contributed by atoms with Crippen LogP contribution >= 0.6 is 22.7 Å². The molecule has 0 radical (unpaired) electrons. The van der Waals surface area contributed by atoms with E-state index in [9.17, 15) is 18.3 Å². The lowest BCUT2D eigenvalue weighted by atomic mass is 10.3. The normalized spacial score (nSPS) is 12.8. The van der Waals surface area contributed by atoms with Crippen molar-refractivity contribution in [3.05, 3.63) is 34.4 Å². The van der Waals surface area contributed by atoms with Crippen molar-refractivity contribution < 1.29 is 23.0 Å². The largest absolute Gasteiger partial charge is 0.573 e. The Bertz CT molecular complexity index is 891. The van der Waals surface area contributed by atoms with Gasteiger partial charge in [0.1, 0.15) is 22.7 Å². The van der Waals surface area contributed by atoms with Gasteiger partial charge in [-0.25, -0.2) is 15.0 Å². The number of pyridine rings is 1. The number of aromatic nitrogens is 3. The molecule has 0 amide bonds. The Balaban J connectivity index is 1.73. The van der Waals surface area contributed by atoms with E-state index in [1.165, 1.54) is 34.8 Å². The Morgan fingerprint density at radius 2 is 2.04 bits per heavy atom. The van der Waals surface area contributed by atoms with Gasteiger partial charge in [-0.15, -0.1) is 35.8 Å². The van der Waals surface area contributed by atoms with Gasteiger partial charge < -0.3 is 15.2 Å². The van der Waals surface area contributed by atoms with Crippen LogP contribution in [-0.2, 0) is 0 Å². The first-order chi connectivity index (χ1) is 12.2. The van der Waals surface area contributed by atoms with Crippen LogP contribution in [0.1, 0.15) is 23.7 Å². The van der Waals surface area contributed by atoms with E-state index in [1.807, 2.05) is 12.3 Å². The first kappa shape index (κ1) is 18.5. The van der Waals surface area contributed by atoms with Crippen LogP contribution < -0.4 is 10.1 Å². The van der Waals surface area contributed by atoms with Crippen molar-refractivity contribution in [1.29, 1.82) is 0 Å². The molecule has 2 N–H and O–H groups in total. The van der Waals surface area contributed by atoms with Crippen LogP contribution in [0.4, 0.5) is 24.1 Å². The predicted octanol–water partition coefficient (Wildman–Crippen LogP) is 4.67. The molecule has 0 bridgehead atoms. The maximum absolute atomic E-state index is 12.1. The number of rotatable bonds is 5. The number of alkyl halides is 3. The van der Waals surface area contributed by atoms with Crippen LogP contribution in [0, 0.1) is 6.92 Å². The van der Waals surface area contributed by atoms with Gasteiger partial charge in [-0.3, -0.25) is 0 Å². The molecule has 0 spiro atoms. The highest BCUT2D eigenvalue weighted by molar-refractivity contribution is 7.17. The number of aryl methyl sites for hydroxylation is 1. The number of ether oxygens (including phenoxy) is 1. The Morgan fingerprint density at radius 3 is 2.62 bits per heavy atom. The molecule has 6 nitrogen and oxygen atoms in total. The Kier molecular flexibility index (Phi) is 5.12. The summed E-state index contributed by atoms with van der Waals surface area (Å²) in [6, 6.07) is 2.53. The molecule has 11 heteroatoms. The summed E-state index contributed by atoms with van der Waals surface area (Å²) in [6.07, 6.45) is -4.42. The highest BCUT2D eigenvalue weighted by Crippen LogP contribution is 2.35. The quantitative estimate of drug-likeness (QED) is 0.646. The summed E-state index contributed by atoms with van der Waals surface area (Å²) in [4.78, 5) is 13.5. The number of hydrogen-bond donors (Lipinski definition) is 2. The van der Waals surface area contributed by atoms with E-state index in [0.717, 1.165) is 16.8 Å². The summed E-state index contributed by atoms with van der Waals surface area (Å²) in [5.74, 6) is -0.0556. The zero-order valence-corrected chi connectivity index (χ0v) is 15.2. The fraction of sp³-hybridized carbons (Fsp3) is 0.267. The molecule has 0 aliphatic carbocycles. The zero-order valence-electron chi connectivity index (χ0n) is 13.5. The summed E-state index contributed by atoms with van der Waals surface area (Å²) in [6.45, 7) is 3.49. The highest BCUT2D eigenvalue weighted by Gasteiger charge is 2.31. The highest BCUT2D eigenvalue weighted by atomic mass is 32.1. The van der Waals surface area contributed by atoms with Crippen LogP contribution in [0.15, 0.2) is 23.7 Å². The molecule has 0 aromatic carbocycles. The van der Waals surface area contributed by atoms with Gasteiger partial charge in [0, 0.05) is 5.38 Å². The molecule has 0 aliphatic rings. The number of hydrogen-bond acceptors (Lipinski definition) is 8. The van der Waals surface area contributed by atoms with Crippen LogP contribution in [0.3, 0.4) is 0 Å². The first-order valence-corrected chi connectivity index (χ1v) is 9.01. The van der Waals surface area contributed by atoms with E-state index >= 15 is 0 Å². The van der Waals surface area contributed by atoms with E-state index in [0.29, 0.717) is 21.7 Å². The summed E-state index contributed by atoms with van der Waals surface area (Å²) in [7, 11) is 0. The van der Waals surface area contributed by atoms with Crippen molar-refractivity contribution in [3.63, 3.8) is 0 Å². The van der Waals surface area contributed by atoms with Gasteiger partial charge in [0.15, 0.2) is 5.13 Å². The molecule has 0 saturated heterocycles. The van der Waals surface area contributed by atoms with E-state index in [4.69, 9.17) is 0 Å². The van der Waals surface area contributed by atoms with Crippen molar-refractivity contribution in [2.24, 2.45) is 0 Å². The minimum atomic E-state index is -4.75. The number of aliphatic hydroxyl groups is 1. The summed E-state index contributed by atoms with van der Waals surface area (Å²) < 4.78 is 40.2. The maximum atomic E-state index is 12.1. The van der Waals surface area contributed by atoms with E-state index < -0.39 is 18.2 Å². The van der Waals surface area contributed by atoms with Gasteiger partial charge >= 0.3 is 6.36 Å². The third-order valence-corrected chi connectivity index (χ3v) is 5.22. The van der Waals surface area contributed by atoms with Crippen LogP contribution in [0.25, 0.3) is 10.6 Å². The molecule has 3 aromatic heterocycles. The van der Waals surface area contributed by atoms with Crippen LogP contribution in [0.2, 0.25) is 0 Å².